The monoisotopic (exact) mass is 141 g/mol. The minimum Gasteiger partial charge on any atom is -0.497 e. The van der Waals surface area contributed by atoms with Gasteiger partial charge in [0.05, 0.1) is 13.2 Å². The van der Waals surface area contributed by atoms with Gasteiger partial charge in [0.2, 0.25) is 0 Å². The molecule has 0 aliphatic carbocycles. The van der Waals surface area contributed by atoms with Crippen LogP contribution in [0.25, 0.3) is 0 Å². The van der Waals surface area contributed by atoms with Gasteiger partial charge in [-0.25, -0.2) is 0 Å². The summed E-state index contributed by atoms with van der Waals surface area (Å²) in [5.41, 5.74) is 0. The Morgan fingerprint density at radius 2 is 2.60 bits per heavy atom. The van der Waals surface area contributed by atoms with Crippen LogP contribution in [0.5, 0.6) is 0 Å². The lowest BCUT2D eigenvalue weighted by atomic mass is 10.4. The maximum absolute atomic E-state index is 5.30. The largest absolute Gasteiger partial charge is 0.497 e. The second kappa shape index (κ2) is 4.34. The molecule has 1 N–H and O–H groups in total. The summed E-state index contributed by atoms with van der Waals surface area (Å²) < 4.78 is 5.30. The summed E-state index contributed by atoms with van der Waals surface area (Å²) >= 11 is 0. The SMILES string of the molecule is CCCNCC1=CCCO1. The van der Waals surface area contributed by atoms with Crippen molar-refractivity contribution >= 4 is 0 Å². The van der Waals surface area contributed by atoms with Gasteiger partial charge in [0.25, 0.3) is 0 Å². The lowest BCUT2D eigenvalue weighted by molar-refractivity contribution is 0.236. The molecule has 1 rings (SSSR count). The molecule has 58 valence electrons. The average molecular weight is 141 g/mol. The molecule has 0 aromatic rings. The summed E-state index contributed by atoms with van der Waals surface area (Å²) in [5, 5.41) is 3.28. The van der Waals surface area contributed by atoms with Gasteiger partial charge in [-0.2, -0.15) is 0 Å². The minimum atomic E-state index is 0.878. The van der Waals surface area contributed by atoms with E-state index in [0.29, 0.717) is 0 Å². The smallest absolute Gasteiger partial charge is 0.106 e. The van der Waals surface area contributed by atoms with Crippen molar-refractivity contribution in [2.75, 3.05) is 19.7 Å². The highest BCUT2D eigenvalue weighted by Gasteiger charge is 2.02. The molecular formula is C8H15NO. The number of hydrogen-bond donors (Lipinski definition) is 1. The Labute approximate surface area is 62.3 Å². The summed E-state index contributed by atoms with van der Waals surface area (Å²) in [6, 6.07) is 0. The fourth-order valence-electron chi connectivity index (χ4n) is 0.980. The number of hydrogen-bond acceptors (Lipinski definition) is 2. The third kappa shape index (κ3) is 2.40. The van der Waals surface area contributed by atoms with Crippen molar-refractivity contribution in [2.45, 2.75) is 19.8 Å². The van der Waals surface area contributed by atoms with Crippen molar-refractivity contribution in [2.24, 2.45) is 0 Å². The van der Waals surface area contributed by atoms with Gasteiger partial charge in [0.15, 0.2) is 0 Å². The lowest BCUT2D eigenvalue weighted by Crippen LogP contribution is -2.17. The maximum Gasteiger partial charge on any atom is 0.106 e. The highest BCUT2D eigenvalue weighted by atomic mass is 16.5. The normalized spacial score (nSPS) is 16.7. The minimum absolute atomic E-state index is 0.878. The van der Waals surface area contributed by atoms with E-state index >= 15 is 0 Å². The van der Waals surface area contributed by atoms with Crippen LogP contribution >= 0.6 is 0 Å². The van der Waals surface area contributed by atoms with Crippen LogP contribution in [0.3, 0.4) is 0 Å². The lowest BCUT2D eigenvalue weighted by Gasteiger charge is -2.03. The van der Waals surface area contributed by atoms with Crippen LogP contribution in [0.15, 0.2) is 11.8 Å². The van der Waals surface area contributed by atoms with Gasteiger partial charge < -0.3 is 10.1 Å². The molecule has 2 heteroatoms. The second-order valence-corrected chi connectivity index (χ2v) is 2.48. The molecule has 0 spiro atoms. The molecule has 1 aliphatic heterocycles. The topological polar surface area (TPSA) is 21.3 Å². The Balaban J connectivity index is 2.01. The Morgan fingerprint density at radius 3 is 3.20 bits per heavy atom. The summed E-state index contributed by atoms with van der Waals surface area (Å²) in [7, 11) is 0. The molecule has 0 unspecified atom stereocenters. The zero-order chi connectivity index (χ0) is 7.23. The van der Waals surface area contributed by atoms with E-state index in [1.165, 1.54) is 6.42 Å². The summed E-state index contributed by atoms with van der Waals surface area (Å²) in [6.07, 6.45) is 4.43. The molecule has 0 bridgehead atoms. The van der Waals surface area contributed by atoms with Crippen molar-refractivity contribution in [1.82, 2.24) is 5.32 Å². The van der Waals surface area contributed by atoms with E-state index in [4.69, 9.17) is 4.74 Å². The fraction of sp³-hybridized carbons (Fsp3) is 0.750. The van der Waals surface area contributed by atoms with E-state index in [2.05, 4.69) is 18.3 Å². The van der Waals surface area contributed by atoms with Crippen molar-refractivity contribution in [3.63, 3.8) is 0 Å². The predicted molar refractivity (Wildman–Crippen MR) is 41.8 cm³/mol. The van der Waals surface area contributed by atoms with Crippen LogP contribution in [-0.4, -0.2) is 19.7 Å². The quantitative estimate of drug-likeness (QED) is 0.596. The van der Waals surface area contributed by atoms with Gasteiger partial charge in [-0.15, -0.1) is 0 Å². The van der Waals surface area contributed by atoms with Crippen LogP contribution in [0, 0.1) is 0 Å². The molecule has 0 fully saturated rings. The Hall–Kier alpha value is -0.500. The van der Waals surface area contributed by atoms with Crippen LogP contribution < -0.4 is 5.32 Å². The number of ether oxygens (including phenoxy) is 1. The van der Waals surface area contributed by atoms with Crippen LogP contribution in [0.1, 0.15) is 19.8 Å². The van der Waals surface area contributed by atoms with E-state index < -0.39 is 0 Å². The maximum atomic E-state index is 5.30. The molecule has 0 saturated heterocycles. The Morgan fingerprint density at radius 1 is 1.70 bits per heavy atom. The molecule has 10 heavy (non-hydrogen) atoms. The first-order chi connectivity index (χ1) is 4.93. The van der Waals surface area contributed by atoms with Crippen molar-refractivity contribution in [3.05, 3.63) is 11.8 Å². The molecule has 1 heterocycles. The highest BCUT2D eigenvalue weighted by Crippen LogP contribution is 2.06. The molecule has 0 saturated carbocycles. The highest BCUT2D eigenvalue weighted by molar-refractivity contribution is 4.99. The van der Waals surface area contributed by atoms with Gasteiger partial charge in [0.1, 0.15) is 5.76 Å². The standard InChI is InChI=1S/C8H15NO/c1-2-5-9-7-8-4-3-6-10-8/h4,9H,2-3,5-7H2,1H3. The second-order valence-electron chi connectivity index (χ2n) is 2.48. The van der Waals surface area contributed by atoms with Crippen LogP contribution in [0.2, 0.25) is 0 Å². The summed E-state index contributed by atoms with van der Waals surface area (Å²) in [6.45, 7) is 5.04. The summed E-state index contributed by atoms with van der Waals surface area (Å²) in [5.74, 6) is 1.12. The Kier molecular flexibility index (Phi) is 3.30. The van der Waals surface area contributed by atoms with Gasteiger partial charge in [-0.1, -0.05) is 6.92 Å². The zero-order valence-electron chi connectivity index (χ0n) is 6.52. The molecule has 2 nitrogen and oxygen atoms in total. The van der Waals surface area contributed by atoms with Gasteiger partial charge in [-0.3, -0.25) is 0 Å². The van der Waals surface area contributed by atoms with Crippen LogP contribution in [-0.2, 0) is 4.74 Å². The molecule has 1 aliphatic rings. The molecule has 0 aromatic carbocycles. The van der Waals surface area contributed by atoms with E-state index in [0.717, 1.165) is 31.9 Å². The first kappa shape index (κ1) is 7.61. The van der Waals surface area contributed by atoms with E-state index in [9.17, 15) is 0 Å². The molecule has 0 atom stereocenters. The molecule has 0 amide bonds. The van der Waals surface area contributed by atoms with E-state index in [-0.39, 0.29) is 0 Å². The van der Waals surface area contributed by atoms with Crippen molar-refractivity contribution < 1.29 is 4.74 Å². The molecule has 0 aromatic heterocycles. The summed E-state index contributed by atoms with van der Waals surface area (Å²) in [4.78, 5) is 0. The Bertz CT molecular complexity index is 120. The fourth-order valence-corrected chi connectivity index (χ4v) is 0.980. The predicted octanol–water partition coefficient (Wildman–Crippen LogP) is 1.29. The van der Waals surface area contributed by atoms with Gasteiger partial charge >= 0.3 is 0 Å². The number of rotatable bonds is 4. The van der Waals surface area contributed by atoms with E-state index in [1.54, 1.807) is 0 Å². The molecule has 0 radical (unpaired) electrons. The van der Waals surface area contributed by atoms with Crippen molar-refractivity contribution in [1.29, 1.82) is 0 Å². The molecular weight excluding hydrogens is 126 g/mol. The third-order valence-electron chi connectivity index (χ3n) is 1.50. The van der Waals surface area contributed by atoms with Crippen molar-refractivity contribution in [3.8, 4) is 0 Å². The van der Waals surface area contributed by atoms with Crippen LogP contribution in [0.4, 0.5) is 0 Å². The third-order valence-corrected chi connectivity index (χ3v) is 1.50. The number of nitrogens with one attached hydrogen (secondary N) is 1. The van der Waals surface area contributed by atoms with E-state index in [1.807, 2.05) is 0 Å². The average Bonchev–Trinajstić information content (AvgIpc) is 2.41. The van der Waals surface area contributed by atoms with Gasteiger partial charge in [0, 0.05) is 6.42 Å². The zero-order valence-corrected chi connectivity index (χ0v) is 6.52. The first-order valence-corrected chi connectivity index (χ1v) is 3.96. The first-order valence-electron chi connectivity index (χ1n) is 3.96. The van der Waals surface area contributed by atoms with Gasteiger partial charge in [-0.05, 0) is 19.0 Å².